The topological polar surface area (TPSA) is 105 Å². The lowest BCUT2D eigenvalue weighted by Crippen LogP contribution is -2.61. The summed E-state index contributed by atoms with van der Waals surface area (Å²) in [6.07, 6.45) is -0.0859. The summed E-state index contributed by atoms with van der Waals surface area (Å²) < 4.78 is 33.7. The largest absolute Gasteiger partial charge is 0.477 e. The summed E-state index contributed by atoms with van der Waals surface area (Å²) in [4.78, 5) is 36.2. The van der Waals surface area contributed by atoms with Crippen LogP contribution in [0.3, 0.4) is 0 Å². The molecule has 0 heterocycles. The van der Waals surface area contributed by atoms with Crippen LogP contribution in [0.15, 0.2) is 48.5 Å². The van der Waals surface area contributed by atoms with Gasteiger partial charge in [-0.2, -0.15) is 8.78 Å². The summed E-state index contributed by atoms with van der Waals surface area (Å²) in [5, 5.41) is 13.4. The van der Waals surface area contributed by atoms with Crippen LogP contribution in [-0.4, -0.2) is 47.2 Å². The molecule has 0 bridgehead atoms. The van der Waals surface area contributed by atoms with Gasteiger partial charge in [0.2, 0.25) is 5.91 Å². The zero-order valence-corrected chi connectivity index (χ0v) is 18.8. The molecule has 180 valence electrons. The Hall–Kier alpha value is -3.49. The van der Waals surface area contributed by atoms with E-state index in [0.717, 1.165) is 22.3 Å². The van der Waals surface area contributed by atoms with Crippen molar-refractivity contribution < 1.29 is 33.0 Å². The Morgan fingerprint density at radius 2 is 1.56 bits per heavy atom. The van der Waals surface area contributed by atoms with E-state index in [-0.39, 0.29) is 12.5 Å². The van der Waals surface area contributed by atoms with Crippen LogP contribution >= 0.6 is 0 Å². The lowest BCUT2D eigenvalue weighted by molar-refractivity contribution is -0.171. The monoisotopic (exact) mass is 472 g/mol. The van der Waals surface area contributed by atoms with Crippen LogP contribution < -0.4 is 10.6 Å². The van der Waals surface area contributed by atoms with E-state index < -0.39 is 41.4 Å². The predicted octanol–water partition coefficient (Wildman–Crippen LogP) is 3.92. The highest BCUT2D eigenvalue weighted by atomic mass is 19.3. The number of nitrogens with one attached hydrogen (secondary N) is 2. The summed E-state index contributed by atoms with van der Waals surface area (Å²) in [7, 11) is 0. The van der Waals surface area contributed by atoms with E-state index in [1.165, 1.54) is 13.8 Å². The third-order valence-electron chi connectivity index (χ3n) is 6.38. The maximum absolute atomic E-state index is 14.1. The van der Waals surface area contributed by atoms with Crippen LogP contribution in [0.4, 0.5) is 13.6 Å². The van der Waals surface area contributed by atoms with E-state index in [2.05, 4.69) is 10.6 Å². The fraction of sp³-hybridized carbons (Fsp3) is 0.400. The number of benzene rings is 2. The zero-order chi connectivity index (χ0) is 24.7. The average Bonchev–Trinajstić information content (AvgIpc) is 3.57. The van der Waals surface area contributed by atoms with Gasteiger partial charge in [-0.1, -0.05) is 48.5 Å². The molecule has 7 nitrogen and oxygen atoms in total. The van der Waals surface area contributed by atoms with Gasteiger partial charge in [0.15, 0.2) is 0 Å². The molecular formula is C25H26F2N2O5. The molecule has 3 N–H and O–H groups in total. The highest BCUT2D eigenvalue weighted by molar-refractivity contribution is 5.90. The summed E-state index contributed by atoms with van der Waals surface area (Å²) in [6, 6.07) is 13.8. The van der Waals surface area contributed by atoms with Crippen LogP contribution in [0.25, 0.3) is 11.1 Å². The average molecular weight is 472 g/mol. The van der Waals surface area contributed by atoms with Crippen molar-refractivity contribution in [1.82, 2.24) is 10.6 Å². The maximum atomic E-state index is 14.1. The Labute approximate surface area is 195 Å². The zero-order valence-electron chi connectivity index (χ0n) is 18.8. The van der Waals surface area contributed by atoms with Crippen LogP contribution in [0.1, 0.15) is 43.7 Å². The van der Waals surface area contributed by atoms with Crippen molar-refractivity contribution in [2.75, 3.05) is 6.61 Å². The Kier molecular flexibility index (Phi) is 6.05. The number of hydrogen-bond donors (Lipinski definition) is 3. The number of alkyl halides is 2. The van der Waals surface area contributed by atoms with Crippen molar-refractivity contribution >= 4 is 18.0 Å². The molecule has 1 fully saturated rings. The lowest BCUT2D eigenvalue weighted by atomic mass is 9.98. The van der Waals surface area contributed by atoms with Gasteiger partial charge in [-0.05, 0) is 54.9 Å². The minimum Gasteiger partial charge on any atom is -0.477 e. The van der Waals surface area contributed by atoms with Crippen molar-refractivity contribution in [3.8, 4) is 11.1 Å². The molecule has 2 aromatic carbocycles. The molecule has 0 aromatic heterocycles. The number of hydrogen-bond acceptors (Lipinski definition) is 4. The van der Waals surface area contributed by atoms with Gasteiger partial charge in [-0.25, -0.2) is 9.59 Å². The van der Waals surface area contributed by atoms with Crippen LogP contribution in [0.5, 0.6) is 0 Å². The number of aliphatic carboxylic acids is 1. The highest BCUT2D eigenvalue weighted by Gasteiger charge is 2.55. The molecule has 34 heavy (non-hydrogen) atoms. The molecule has 1 saturated carbocycles. The second kappa shape index (κ2) is 8.70. The summed E-state index contributed by atoms with van der Waals surface area (Å²) in [6.45, 7) is 2.71. The van der Waals surface area contributed by atoms with Gasteiger partial charge in [0.1, 0.15) is 18.2 Å². The number of fused-ring (bicyclic) bond motifs is 3. The van der Waals surface area contributed by atoms with E-state index in [9.17, 15) is 23.2 Å². The molecule has 9 heteroatoms. The predicted molar refractivity (Wildman–Crippen MR) is 120 cm³/mol. The molecule has 1 unspecified atom stereocenters. The number of ether oxygens (including phenoxy) is 1. The third-order valence-corrected chi connectivity index (χ3v) is 6.38. The number of rotatable bonds is 8. The van der Waals surface area contributed by atoms with Gasteiger partial charge in [0, 0.05) is 5.92 Å². The fourth-order valence-electron chi connectivity index (χ4n) is 4.34. The molecule has 2 amide bonds. The van der Waals surface area contributed by atoms with E-state index >= 15 is 0 Å². The molecule has 0 saturated heterocycles. The first-order chi connectivity index (χ1) is 16.0. The Morgan fingerprint density at radius 3 is 2.06 bits per heavy atom. The maximum Gasteiger partial charge on any atom is 0.408 e. The van der Waals surface area contributed by atoms with Gasteiger partial charge in [0.05, 0.1) is 0 Å². The highest BCUT2D eigenvalue weighted by Crippen LogP contribution is 2.44. The van der Waals surface area contributed by atoms with Crippen molar-refractivity contribution in [2.24, 2.45) is 5.92 Å². The molecular weight excluding hydrogens is 446 g/mol. The van der Waals surface area contributed by atoms with Gasteiger partial charge in [-0.15, -0.1) is 0 Å². The normalized spacial score (nSPS) is 16.2. The SMILES string of the molecule is CC(C)(NC(=O)OCC1c2ccccc2-c2ccccc21)C(=O)NC(C1CC1)C(F)(F)C(=O)O. The Morgan fingerprint density at radius 1 is 1.03 bits per heavy atom. The minimum atomic E-state index is -4.11. The Balaban J connectivity index is 1.40. The van der Waals surface area contributed by atoms with Gasteiger partial charge in [0.25, 0.3) is 0 Å². The number of carbonyl (C=O) groups excluding carboxylic acids is 2. The molecule has 2 aliphatic rings. The van der Waals surface area contributed by atoms with E-state index in [1.807, 2.05) is 48.5 Å². The number of carboxylic acid groups (broad SMARTS) is 1. The molecule has 2 aliphatic carbocycles. The van der Waals surface area contributed by atoms with Crippen LogP contribution in [-0.2, 0) is 14.3 Å². The minimum absolute atomic E-state index is 0.0271. The molecule has 0 spiro atoms. The van der Waals surface area contributed by atoms with Crippen molar-refractivity contribution in [2.45, 2.75) is 50.1 Å². The van der Waals surface area contributed by atoms with E-state index in [4.69, 9.17) is 9.84 Å². The van der Waals surface area contributed by atoms with Crippen LogP contribution in [0.2, 0.25) is 0 Å². The first-order valence-electron chi connectivity index (χ1n) is 11.1. The second-order valence-corrected chi connectivity index (χ2v) is 9.29. The van der Waals surface area contributed by atoms with Gasteiger partial charge < -0.3 is 20.5 Å². The first-order valence-corrected chi connectivity index (χ1v) is 11.1. The van der Waals surface area contributed by atoms with Crippen molar-refractivity contribution in [3.63, 3.8) is 0 Å². The first kappa shape index (κ1) is 23.7. The smallest absolute Gasteiger partial charge is 0.408 e. The number of halogens is 2. The van der Waals surface area contributed by atoms with Crippen LogP contribution in [0, 0.1) is 5.92 Å². The third kappa shape index (κ3) is 4.47. The molecule has 1 atom stereocenters. The second-order valence-electron chi connectivity index (χ2n) is 9.29. The lowest BCUT2D eigenvalue weighted by Gasteiger charge is -2.30. The van der Waals surface area contributed by atoms with E-state index in [1.54, 1.807) is 0 Å². The molecule has 4 rings (SSSR count). The fourth-order valence-corrected chi connectivity index (χ4v) is 4.34. The van der Waals surface area contributed by atoms with E-state index in [0.29, 0.717) is 12.8 Å². The molecule has 0 radical (unpaired) electrons. The standard InChI is InChI=1S/C25H26F2N2O5/c1-24(2,21(30)28-20(14-11-12-14)25(26,27)22(31)32)29-23(33)34-13-19-17-9-5-3-7-15(17)16-8-4-6-10-18(16)19/h3-10,14,19-20H,11-13H2,1-2H3,(H,28,30)(H,29,33)(H,31,32). The van der Waals surface area contributed by atoms with Gasteiger partial charge in [-0.3, -0.25) is 4.79 Å². The number of alkyl carbamates (subject to hydrolysis) is 1. The number of carbonyl (C=O) groups is 3. The Bertz CT molecular complexity index is 1080. The summed E-state index contributed by atoms with van der Waals surface area (Å²) >= 11 is 0. The van der Waals surface area contributed by atoms with Crippen molar-refractivity contribution in [1.29, 1.82) is 0 Å². The van der Waals surface area contributed by atoms with Crippen molar-refractivity contribution in [3.05, 3.63) is 59.7 Å². The quantitative estimate of drug-likeness (QED) is 0.540. The molecule has 0 aliphatic heterocycles. The summed E-state index contributed by atoms with van der Waals surface area (Å²) in [5.74, 6) is -8.13. The number of carboxylic acids is 1. The summed E-state index contributed by atoms with van der Waals surface area (Å²) in [5.41, 5.74) is 2.58. The van der Waals surface area contributed by atoms with Gasteiger partial charge >= 0.3 is 18.0 Å². The number of amides is 2. The molecule has 2 aromatic rings.